The van der Waals surface area contributed by atoms with Gasteiger partial charge in [-0.1, -0.05) is 60.7 Å². The van der Waals surface area contributed by atoms with Crippen LogP contribution in [0.4, 0.5) is 0 Å². The Balaban J connectivity index is 2.01. The van der Waals surface area contributed by atoms with Crippen LogP contribution in [-0.4, -0.2) is 7.11 Å². The minimum atomic E-state index is 0.974. The fourth-order valence-electron chi connectivity index (χ4n) is 3.96. The van der Waals surface area contributed by atoms with Gasteiger partial charge in [0.05, 0.1) is 7.11 Å². The molecule has 23 heavy (non-hydrogen) atoms. The van der Waals surface area contributed by atoms with Crippen LogP contribution in [0.15, 0.2) is 66.7 Å². The minimum absolute atomic E-state index is 0.974. The van der Waals surface area contributed by atoms with Crippen LogP contribution in [0.3, 0.4) is 0 Å². The van der Waals surface area contributed by atoms with E-state index < -0.39 is 0 Å². The van der Waals surface area contributed by atoms with Crippen LogP contribution in [0.25, 0.3) is 32.7 Å². The maximum Gasteiger partial charge on any atom is 0.127 e. The Hall–Kier alpha value is -2.80. The van der Waals surface area contributed by atoms with Gasteiger partial charge in [0.2, 0.25) is 0 Å². The summed E-state index contributed by atoms with van der Waals surface area (Å²) in [6.45, 7) is 0. The number of rotatable bonds is 1. The Labute approximate surface area is 135 Å². The van der Waals surface area contributed by atoms with E-state index in [1.807, 2.05) is 0 Å². The van der Waals surface area contributed by atoms with Crippen molar-refractivity contribution < 1.29 is 4.74 Å². The molecule has 0 amide bonds. The molecular formula is C22H16O. The van der Waals surface area contributed by atoms with Crippen LogP contribution >= 0.6 is 0 Å². The summed E-state index contributed by atoms with van der Waals surface area (Å²) in [7, 11) is 1.76. The van der Waals surface area contributed by atoms with Crippen LogP contribution in [0.5, 0.6) is 5.75 Å². The lowest BCUT2D eigenvalue weighted by Gasteiger charge is -2.13. The number of fused-ring (bicyclic) bond motifs is 7. The molecule has 0 spiro atoms. The van der Waals surface area contributed by atoms with Gasteiger partial charge < -0.3 is 4.74 Å². The van der Waals surface area contributed by atoms with Gasteiger partial charge in [0, 0.05) is 5.56 Å². The summed E-state index contributed by atoms with van der Waals surface area (Å²) in [4.78, 5) is 0. The van der Waals surface area contributed by atoms with E-state index in [-0.39, 0.29) is 0 Å². The van der Waals surface area contributed by atoms with Gasteiger partial charge in [0.25, 0.3) is 0 Å². The van der Waals surface area contributed by atoms with Crippen molar-refractivity contribution in [2.45, 2.75) is 6.42 Å². The normalized spacial score (nSPS) is 12.4. The Kier molecular flexibility index (Phi) is 2.54. The third-order valence-corrected chi connectivity index (χ3v) is 4.96. The number of hydrogen-bond donors (Lipinski definition) is 0. The molecule has 0 radical (unpaired) electrons. The SMILES string of the molecule is COc1cccc2c1-c1c(ccc3ccc4ccccc4c13)C2. The third-order valence-electron chi connectivity index (χ3n) is 4.96. The summed E-state index contributed by atoms with van der Waals surface area (Å²) >= 11 is 0. The monoisotopic (exact) mass is 296 g/mol. The lowest BCUT2D eigenvalue weighted by Crippen LogP contribution is -1.89. The second-order valence-corrected chi connectivity index (χ2v) is 6.16. The highest BCUT2D eigenvalue weighted by molar-refractivity contribution is 6.16. The van der Waals surface area contributed by atoms with Gasteiger partial charge in [-0.3, -0.25) is 0 Å². The fourth-order valence-corrected chi connectivity index (χ4v) is 3.96. The van der Waals surface area contributed by atoms with E-state index in [0.29, 0.717) is 0 Å². The zero-order chi connectivity index (χ0) is 15.4. The molecule has 0 fully saturated rings. The first-order valence-electron chi connectivity index (χ1n) is 7.96. The van der Waals surface area contributed by atoms with E-state index in [1.54, 1.807) is 7.11 Å². The zero-order valence-corrected chi connectivity index (χ0v) is 13.0. The summed E-state index contributed by atoms with van der Waals surface area (Å²) in [6.07, 6.45) is 0.987. The van der Waals surface area contributed by atoms with Crippen LogP contribution in [0.1, 0.15) is 11.1 Å². The molecule has 1 heteroatoms. The summed E-state index contributed by atoms with van der Waals surface area (Å²) in [5.74, 6) is 0.974. The number of ether oxygens (including phenoxy) is 1. The Morgan fingerprint density at radius 3 is 2.39 bits per heavy atom. The highest BCUT2D eigenvalue weighted by atomic mass is 16.5. The lowest BCUT2D eigenvalue weighted by atomic mass is 9.93. The van der Waals surface area contributed by atoms with Crippen LogP contribution in [0, 0.1) is 0 Å². The first-order chi connectivity index (χ1) is 11.4. The topological polar surface area (TPSA) is 9.23 Å². The molecule has 1 aliphatic rings. The van der Waals surface area contributed by atoms with Gasteiger partial charge in [-0.15, -0.1) is 0 Å². The van der Waals surface area contributed by atoms with Crippen molar-refractivity contribution in [1.82, 2.24) is 0 Å². The van der Waals surface area contributed by atoms with E-state index in [4.69, 9.17) is 4.74 Å². The van der Waals surface area contributed by atoms with Crippen molar-refractivity contribution in [2.75, 3.05) is 7.11 Å². The summed E-state index contributed by atoms with van der Waals surface area (Å²) < 4.78 is 5.67. The average molecular weight is 296 g/mol. The number of benzene rings is 4. The molecule has 0 atom stereocenters. The summed E-state index contributed by atoms with van der Waals surface area (Å²) in [6, 6.07) is 24.0. The molecule has 5 rings (SSSR count). The van der Waals surface area contributed by atoms with Crippen LogP contribution in [-0.2, 0) is 6.42 Å². The molecule has 0 saturated carbocycles. The van der Waals surface area contributed by atoms with E-state index >= 15 is 0 Å². The molecule has 1 nitrogen and oxygen atoms in total. The Bertz CT molecular complexity index is 1080. The van der Waals surface area contributed by atoms with E-state index in [9.17, 15) is 0 Å². The zero-order valence-electron chi connectivity index (χ0n) is 13.0. The summed E-state index contributed by atoms with van der Waals surface area (Å²) in [5, 5.41) is 5.25. The molecule has 0 aliphatic heterocycles. The molecule has 0 heterocycles. The van der Waals surface area contributed by atoms with Crippen molar-refractivity contribution in [1.29, 1.82) is 0 Å². The molecule has 0 bridgehead atoms. The highest BCUT2D eigenvalue weighted by Crippen LogP contribution is 2.47. The molecule has 1 aliphatic carbocycles. The maximum absolute atomic E-state index is 5.67. The molecule has 4 aromatic carbocycles. The van der Waals surface area contributed by atoms with E-state index in [1.165, 1.54) is 43.8 Å². The molecular weight excluding hydrogens is 280 g/mol. The molecule has 0 aromatic heterocycles. The van der Waals surface area contributed by atoms with Crippen molar-refractivity contribution in [3.8, 4) is 16.9 Å². The Morgan fingerprint density at radius 1 is 0.696 bits per heavy atom. The van der Waals surface area contributed by atoms with E-state index in [0.717, 1.165) is 12.2 Å². The lowest BCUT2D eigenvalue weighted by molar-refractivity contribution is 0.416. The van der Waals surface area contributed by atoms with Gasteiger partial charge >= 0.3 is 0 Å². The quantitative estimate of drug-likeness (QED) is 0.367. The Morgan fingerprint density at radius 2 is 1.48 bits per heavy atom. The van der Waals surface area contributed by atoms with E-state index in [2.05, 4.69) is 66.7 Å². The number of hydrogen-bond acceptors (Lipinski definition) is 1. The molecule has 4 aromatic rings. The van der Waals surface area contributed by atoms with Crippen molar-refractivity contribution in [3.63, 3.8) is 0 Å². The van der Waals surface area contributed by atoms with Gasteiger partial charge in [-0.05, 0) is 50.7 Å². The predicted octanol–water partition coefficient (Wildman–Crippen LogP) is 5.57. The standard InChI is InChI=1S/C22H16O/c1-23-19-8-4-6-16-13-17-12-11-15-10-9-14-5-2-3-7-18(14)20(15)22(17)21(16)19/h2-12H,13H2,1H3. The second-order valence-electron chi connectivity index (χ2n) is 6.16. The van der Waals surface area contributed by atoms with Gasteiger partial charge in [-0.2, -0.15) is 0 Å². The van der Waals surface area contributed by atoms with Crippen molar-refractivity contribution in [2.24, 2.45) is 0 Å². The van der Waals surface area contributed by atoms with Gasteiger partial charge in [-0.25, -0.2) is 0 Å². The van der Waals surface area contributed by atoms with Crippen LogP contribution in [0.2, 0.25) is 0 Å². The largest absolute Gasteiger partial charge is 0.496 e. The predicted molar refractivity (Wildman–Crippen MR) is 96.2 cm³/mol. The van der Waals surface area contributed by atoms with Gasteiger partial charge in [0.1, 0.15) is 5.75 Å². The molecule has 0 unspecified atom stereocenters. The summed E-state index contributed by atoms with van der Waals surface area (Å²) in [5.41, 5.74) is 5.38. The maximum atomic E-state index is 5.67. The third kappa shape index (κ3) is 1.68. The minimum Gasteiger partial charge on any atom is -0.496 e. The molecule has 0 saturated heterocycles. The first-order valence-corrected chi connectivity index (χ1v) is 7.96. The van der Waals surface area contributed by atoms with Crippen molar-refractivity contribution >= 4 is 21.5 Å². The first kappa shape index (κ1) is 12.7. The smallest absolute Gasteiger partial charge is 0.127 e. The van der Waals surface area contributed by atoms with Crippen LogP contribution < -0.4 is 4.74 Å². The highest BCUT2D eigenvalue weighted by Gasteiger charge is 2.24. The van der Waals surface area contributed by atoms with Crippen molar-refractivity contribution in [3.05, 3.63) is 77.9 Å². The number of methoxy groups -OCH3 is 1. The molecule has 110 valence electrons. The van der Waals surface area contributed by atoms with Gasteiger partial charge in [0.15, 0.2) is 0 Å². The molecule has 0 N–H and O–H groups in total. The second kappa shape index (κ2) is 4.60. The fraction of sp³-hybridized carbons (Fsp3) is 0.0909. The average Bonchev–Trinajstić information content (AvgIpc) is 3.00.